The van der Waals surface area contributed by atoms with E-state index in [2.05, 4.69) is 17.0 Å². The molecule has 0 radical (unpaired) electrons. The van der Waals surface area contributed by atoms with Gasteiger partial charge in [0.25, 0.3) is 5.91 Å². The molecule has 0 bridgehead atoms. The molecule has 1 aliphatic rings. The summed E-state index contributed by atoms with van der Waals surface area (Å²) in [4.78, 5) is 19.8. The summed E-state index contributed by atoms with van der Waals surface area (Å²) < 4.78 is 1.77. The molecule has 0 spiro atoms. The monoisotopic (exact) mass is 360 g/mol. The Labute approximate surface area is 159 Å². The topological polar surface area (TPSA) is 51.0 Å². The molecule has 5 nitrogen and oxygen atoms in total. The number of aromatic nitrogens is 3. The van der Waals surface area contributed by atoms with Gasteiger partial charge in [0.2, 0.25) is 5.82 Å². The lowest BCUT2D eigenvalue weighted by molar-refractivity contribution is 0.0595. The molecule has 0 saturated carbocycles. The van der Waals surface area contributed by atoms with Crippen molar-refractivity contribution in [2.45, 2.75) is 38.6 Å². The molecule has 1 saturated heterocycles. The second-order valence-corrected chi connectivity index (χ2v) is 6.93. The SMILES string of the molecule is CC[C@@H]1CCCCN1C(=O)c1nc(-c2ccccc2)n(-c2ccccc2)n1. The molecule has 4 rings (SSSR count). The van der Waals surface area contributed by atoms with Gasteiger partial charge in [-0.3, -0.25) is 4.79 Å². The zero-order chi connectivity index (χ0) is 18.6. The molecule has 1 fully saturated rings. The van der Waals surface area contributed by atoms with Crippen molar-refractivity contribution in [1.82, 2.24) is 19.7 Å². The second-order valence-electron chi connectivity index (χ2n) is 6.93. The Balaban J connectivity index is 1.76. The van der Waals surface area contributed by atoms with E-state index in [0.717, 1.165) is 37.1 Å². The molecule has 0 unspecified atom stereocenters. The van der Waals surface area contributed by atoms with Crippen LogP contribution in [0.4, 0.5) is 0 Å². The predicted octanol–water partition coefficient (Wildman–Crippen LogP) is 4.34. The lowest BCUT2D eigenvalue weighted by Gasteiger charge is -2.34. The van der Waals surface area contributed by atoms with Crippen molar-refractivity contribution < 1.29 is 4.79 Å². The fourth-order valence-corrected chi connectivity index (χ4v) is 3.75. The Morgan fingerprint density at radius 3 is 2.44 bits per heavy atom. The summed E-state index contributed by atoms with van der Waals surface area (Å²) in [6.45, 7) is 2.93. The number of rotatable bonds is 4. The molecular formula is C22H24N4O. The van der Waals surface area contributed by atoms with E-state index in [4.69, 9.17) is 0 Å². The van der Waals surface area contributed by atoms with Gasteiger partial charge in [-0.2, -0.15) is 0 Å². The normalized spacial score (nSPS) is 17.1. The molecule has 3 aromatic rings. The number of carbonyl (C=O) groups excluding carboxylic acids is 1. The lowest BCUT2D eigenvalue weighted by Crippen LogP contribution is -2.43. The van der Waals surface area contributed by atoms with Gasteiger partial charge in [-0.25, -0.2) is 9.67 Å². The van der Waals surface area contributed by atoms with Crippen molar-refractivity contribution in [3.8, 4) is 17.1 Å². The van der Waals surface area contributed by atoms with Crippen molar-refractivity contribution >= 4 is 5.91 Å². The molecule has 1 amide bonds. The van der Waals surface area contributed by atoms with Gasteiger partial charge in [0.1, 0.15) is 0 Å². The molecule has 1 aromatic heterocycles. The van der Waals surface area contributed by atoms with Crippen LogP contribution in [0.15, 0.2) is 60.7 Å². The first-order chi connectivity index (χ1) is 13.3. The molecule has 0 N–H and O–H groups in total. The summed E-state index contributed by atoms with van der Waals surface area (Å²) in [5.74, 6) is 0.904. The maximum Gasteiger partial charge on any atom is 0.293 e. The summed E-state index contributed by atoms with van der Waals surface area (Å²) in [5, 5.41) is 4.62. The molecule has 5 heteroatoms. The third-order valence-corrected chi connectivity index (χ3v) is 5.19. The summed E-state index contributed by atoms with van der Waals surface area (Å²) >= 11 is 0. The van der Waals surface area contributed by atoms with Crippen LogP contribution >= 0.6 is 0 Å². The molecule has 0 aliphatic carbocycles. The minimum atomic E-state index is -0.0617. The summed E-state index contributed by atoms with van der Waals surface area (Å²) in [7, 11) is 0. The number of hydrogen-bond acceptors (Lipinski definition) is 3. The van der Waals surface area contributed by atoms with Crippen LogP contribution in [0.3, 0.4) is 0 Å². The first kappa shape index (κ1) is 17.5. The first-order valence-electron chi connectivity index (χ1n) is 9.67. The van der Waals surface area contributed by atoms with Crippen LogP contribution in [0.1, 0.15) is 43.2 Å². The standard InChI is InChI=1S/C22H24N4O/c1-2-18-13-9-10-16-25(18)22(27)20-23-21(17-11-5-3-6-12-17)26(24-20)19-14-7-4-8-15-19/h3-8,11-12,14-15,18H,2,9-10,13,16H2,1H3/t18-/m1/s1. The van der Waals surface area contributed by atoms with Crippen molar-refractivity contribution in [2.75, 3.05) is 6.54 Å². The highest BCUT2D eigenvalue weighted by molar-refractivity contribution is 5.91. The second kappa shape index (κ2) is 7.74. The van der Waals surface area contributed by atoms with Gasteiger partial charge in [0, 0.05) is 18.2 Å². The zero-order valence-electron chi connectivity index (χ0n) is 15.6. The van der Waals surface area contributed by atoms with Gasteiger partial charge in [-0.1, -0.05) is 55.5 Å². The van der Waals surface area contributed by atoms with Gasteiger partial charge in [0.15, 0.2) is 5.82 Å². The van der Waals surface area contributed by atoms with Crippen LogP contribution < -0.4 is 0 Å². The number of likely N-dealkylation sites (tertiary alicyclic amines) is 1. The van der Waals surface area contributed by atoms with Crippen molar-refractivity contribution in [3.63, 3.8) is 0 Å². The Kier molecular flexibility index (Phi) is 5.01. The minimum absolute atomic E-state index is 0.0617. The summed E-state index contributed by atoms with van der Waals surface area (Å²) in [6.07, 6.45) is 4.26. The quantitative estimate of drug-likeness (QED) is 0.695. The van der Waals surface area contributed by atoms with E-state index in [1.165, 1.54) is 6.42 Å². The van der Waals surface area contributed by atoms with Gasteiger partial charge in [-0.15, -0.1) is 5.10 Å². The van der Waals surface area contributed by atoms with Gasteiger partial charge < -0.3 is 4.90 Å². The van der Waals surface area contributed by atoms with E-state index in [-0.39, 0.29) is 17.8 Å². The molecule has 138 valence electrons. The third-order valence-electron chi connectivity index (χ3n) is 5.19. The highest BCUT2D eigenvalue weighted by Gasteiger charge is 2.29. The zero-order valence-corrected chi connectivity index (χ0v) is 15.6. The number of para-hydroxylation sites is 1. The molecule has 1 aliphatic heterocycles. The number of hydrogen-bond donors (Lipinski definition) is 0. The minimum Gasteiger partial charge on any atom is -0.333 e. The van der Waals surface area contributed by atoms with E-state index in [1.54, 1.807) is 4.68 Å². The Morgan fingerprint density at radius 2 is 1.74 bits per heavy atom. The molecule has 2 heterocycles. The average Bonchev–Trinajstić information content (AvgIpc) is 3.20. The molecule has 1 atom stereocenters. The molecule has 2 aromatic carbocycles. The maximum absolute atomic E-state index is 13.2. The lowest BCUT2D eigenvalue weighted by atomic mass is 10.00. The summed E-state index contributed by atoms with van der Waals surface area (Å²) in [6, 6.07) is 20.0. The van der Waals surface area contributed by atoms with Crippen molar-refractivity contribution in [1.29, 1.82) is 0 Å². The van der Waals surface area contributed by atoms with Crippen molar-refractivity contribution in [2.24, 2.45) is 0 Å². The Bertz CT molecular complexity index is 848. The van der Waals surface area contributed by atoms with Crippen LogP contribution in [0, 0.1) is 0 Å². The van der Waals surface area contributed by atoms with E-state index >= 15 is 0 Å². The summed E-state index contributed by atoms with van der Waals surface area (Å²) in [5.41, 5.74) is 1.84. The van der Waals surface area contributed by atoms with Crippen molar-refractivity contribution in [3.05, 3.63) is 66.5 Å². The largest absolute Gasteiger partial charge is 0.333 e. The van der Waals surface area contributed by atoms with Crippen LogP contribution in [-0.2, 0) is 0 Å². The van der Waals surface area contributed by atoms with Crippen LogP contribution in [-0.4, -0.2) is 38.2 Å². The third kappa shape index (κ3) is 3.50. The van der Waals surface area contributed by atoms with E-state index in [9.17, 15) is 4.79 Å². The molecule has 27 heavy (non-hydrogen) atoms. The van der Waals surface area contributed by atoms with Gasteiger partial charge >= 0.3 is 0 Å². The first-order valence-corrected chi connectivity index (χ1v) is 9.67. The predicted molar refractivity (Wildman–Crippen MR) is 106 cm³/mol. The smallest absolute Gasteiger partial charge is 0.293 e. The number of carbonyl (C=O) groups is 1. The number of benzene rings is 2. The Hall–Kier alpha value is -2.95. The molecular weight excluding hydrogens is 336 g/mol. The van der Waals surface area contributed by atoms with Crippen LogP contribution in [0.25, 0.3) is 17.1 Å². The van der Waals surface area contributed by atoms with Crippen LogP contribution in [0.2, 0.25) is 0 Å². The number of piperidine rings is 1. The van der Waals surface area contributed by atoms with Gasteiger partial charge in [0.05, 0.1) is 5.69 Å². The highest BCUT2D eigenvalue weighted by Crippen LogP contribution is 2.24. The number of amides is 1. The highest BCUT2D eigenvalue weighted by atomic mass is 16.2. The maximum atomic E-state index is 13.2. The van der Waals surface area contributed by atoms with Crippen LogP contribution in [0.5, 0.6) is 0 Å². The number of nitrogens with zero attached hydrogens (tertiary/aromatic N) is 4. The Morgan fingerprint density at radius 1 is 1.04 bits per heavy atom. The van der Waals surface area contributed by atoms with E-state index in [1.807, 2.05) is 65.6 Å². The average molecular weight is 360 g/mol. The van der Waals surface area contributed by atoms with E-state index < -0.39 is 0 Å². The van der Waals surface area contributed by atoms with E-state index in [0.29, 0.717) is 5.82 Å². The fourth-order valence-electron chi connectivity index (χ4n) is 3.75. The van der Waals surface area contributed by atoms with Gasteiger partial charge in [-0.05, 0) is 37.8 Å². The fraction of sp³-hybridized carbons (Fsp3) is 0.318.